The average molecular weight is 227 g/mol. The minimum absolute atomic E-state index is 0.308. The number of likely N-dealkylation sites (N-methyl/N-ethyl adjacent to an activating group) is 1. The third kappa shape index (κ3) is 2.66. The van der Waals surface area contributed by atoms with Crippen molar-refractivity contribution in [3.63, 3.8) is 0 Å². The number of imidazole rings is 1. The van der Waals surface area contributed by atoms with E-state index in [1.165, 1.54) is 0 Å². The zero-order valence-electron chi connectivity index (χ0n) is 10.1. The second-order valence-corrected chi connectivity index (χ2v) is 4.05. The Labute approximate surface area is 102 Å². The van der Waals surface area contributed by atoms with Gasteiger partial charge in [-0.3, -0.25) is 0 Å². The standard InChI is InChI=1S/C14H17N3/c1-3-7-12(15-4-2)10-17-11-16-13-8-5-6-9-14(13)17/h1,5-6,8-9,11-12,15H,4,7,10H2,2H3. The molecule has 0 aliphatic rings. The van der Waals surface area contributed by atoms with Crippen LogP contribution in [0.2, 0.25) is 0 Å². The monoisotopic (exact) mass is 227 g/mol. The van der Waals surface area contributed by atoms with Gasteiger partial charge in [0.05, 0.1) is 17.4 Å². The molecule has 0 radical (unpaired) electrons. The maximum atomic E-state index is 5.39. The van der Waals surface area contributed by atoms with Crippen LogP contribution in [0.15, 0.2) is 30.6 Å². The molecule has 0 aliphatic heterocycles. The van der Waals surface area contributed by atoms with Crippen molar-refractivity contribution < 1.29 is 0 Å². The highest BCUT2D eigenvalue weighted by Gasteiger charge is 2.08. The third-order valence-corrected chi connectivity index (χ3v) is 2.80. The summed E-state index contributed by atoms with van der Waals surface area (Å²) < 4.78 is 2.15. The number of terminal acetylenes is 1. The molecular formula is C14H17N3. The van der Waals surface area contributed by atoms with Crippen LogP contribution in [0, 0.1) is 12.3 Å². The van der Waals surface area contributed by atoms with Gasteiger partial charge in [-0.25, -0.2) is 4.98 Å². The SMILES string of the molecule is C#CCC(Cn1cnc2ccccc21)NCC. The summed E-state index contributed by atoms with van der Waals surface area (Å²) >= 11 is 0. The van der Waals surface area contributed by atoms with Crippen LogP contribution in [0.1, 0.15) is 13.3 Å². The van der Waals surface area contributed by atoms with Crippen LogP contribution in [-0.2, 0) is 6.54 Å². The molecule has 1 aromatic carbocycles. The van der Waals surface area contributed by atoms with Gasteiger partial charge in [-0.2, -0.15) is 0 Å². The van der Waals surface area contributed by atoms with Crippen molar-refractivity contribution in [2.45, 2.75) is 25.9 Å². The van der Waals surface area contributed by atoms with Crippen LogP contribution in [-0.4, -0.2) is 22.1 Å². The number of para-hydroxylation sites is 2. The molecule has 0 amide bonds. The number of benzene rings is 1. The molecule has 1 atom stereocenters. The molecule has 0 fully saturated rings. The lowest BCUT2D eigenvalue weighted by molar-refractivity contribution is 0.471. The van der Waals surface area contributed by atoms with Gasteiger partial charge in [0.25, 0.3) is 0 Å². The highest BCUT2D eigenvalue weighted by Crippen LogP contribution is 2.12. The zero-order chi connectivity index (χ0) is 12.1. The Hall–Kier alpha value is -1.79. The molecule has 3 heteroatoms. The molecule has 0 saturated carbocycles. The maximum Gasteiger partial charge on any atom is 0.0958 e. The Kier molecular flexibility index (Phi) is 3.79. The van der Waals surface area contributed by atoms with Crippen molar-refractivity contribution in [2.75, 3.05) is 6.54 Å². The van der Waals surface area contributed by atoms with Crippen molar-refractivity contribution in [3.05, 3.63) is 30.6 Å². The van der Waals surface area contributed by atoms with E-state index in [0.29, 0.717) is 6.04 Å². The van der Waals surface area contributed by atoms with Gasteiger partial charge in [0, 0.05) is 19.0 Å². The molecule has 1 heterocycles. The molecule has 1 unspecified atom stereocenters. The van der Waals surface area contributed by atoms with E-state index in [9.17, 15) is 0 Å². The van der Waals surface area contributed by atoms with Gasteiger partial charge in [0.15, 0.2) is 0 Å². The summed E-state index contributed by atoms with van der Waals surface area (Å²) in [5.74, 6) is 2.72. The fraction of sp³-hybridized carbons (Fsp3) is 0.357. The van der Waals surface area contributed by atoms with Gasteiger partial charge in [-0.05, 0) is 18.7 Å². The first-order chi connectivity index (χ1) is 8.35. The van der Waals surface area contributed by atoms with Crippen molar-refractivity contribution >= 4 is 11.0 Å². The fourth-order valence-electron chi connectivity index (χ4n) is 2.03. The predicted octanol–water partition coefficient (Wildman–Crippen LogP) is 2.04. The highest BCUT2D eigenvalue weighted by molar-refractivity contribution is 5.74. The van der Waals surface area contributed by atoms with Gasteiger partial charge < -0.3 is 9.88 Å². The van der Waals surface area contributed by atoms with E-state index in [-0.39, 0.29) is 0 Å². The van der Waals surface area contributed by atoms with E-state index < -0.39 is 0 Å². The van der Waals surface area contributed by atoms with E-state index in [2.05, 4.69) is 33.8 Å². The molecule has 0 saturated heterocycles. The van der Waals surface area contributed by atoms with Crippen molar-refractivity contribution in [1.29, 1.82) is 0 Å². The quantitative estimate of drug-likeness (QED) is 0.792. The lowest BCUT2D eigenvalue weighted by Crippen LogP contribution is -2.32. The van der Waals surface area contributed by atoms with Crippen LogP contribution >= 0.6 is 0 Å². The normalized spacial score (nSPS) is 12.5. The first kappa shape index (κ1) is 11.7. The second kappa shape index (κ2) is 5.51. The van der Waals surface area contributed by atoms with E-state index in [1.807, 2.05) is 24.5 Å². The summed E-state index contributed by atoms with van der Waals surface area (Å²) in [7, 11) is 0. The lowest BCUT2D eigenvalue weighted by Gasteiger charge is -2.16. The summed E-state index contributed by atoms with van der Waals surface area (Å²) in [4.78, 5) is 4.38. The van der Waals surface area contributed by atoms with Gasteiger partial charge in [-0.1, -0.05) is 19.1 Å². The van der Waals surface area contributed by atoms with E-state index in [4.69, 9.17) is 6.42 Å². The van der Waals surface area contributed by atoms with Crippen LogP contribution in [0.4, 0.5) is 0 Å². The topological polar surface area (TPSA) is 29.9 Å². The summed E-state index contributed by atoms with van der Waals surface area (Å²) in [5, 5.41) is 3.40. The Bertz CT molecular complexity index is 521. The number of nitrogens with one attached hydrogen (secondary N) is 1. The van der Waals surface area contributed by atoms with Crippen LogP contribution < -0.4 is 5.32 Å². The summed E-state index contributed by atoms with van der Waals surface area (Å²) in [6.07, 6.45) is 8.00. The van der Waals surface area contributed by atoms with Crippen molar-refractivity contribution in [2.24, 2.45) is 0 Å². The Morgan fingerprint density at radius 2 is 2.29 bits per heavy atom. The number of hydrogen-bond acceptors (Lipinski definition) is 2. The Morgan fingerprint density at radius 3 is 3.06 bits per heavy atom. The van der Waals surface area contributed by atoms with Crippen LogP contribution in [0.3, 0.4) is 0 Å². The van der Waals surface area contributed by atoms with Crippen LogP contribution in [0.5, 0.6) is 0 Å². The molecule has 1 N–H and O–H groups in total. The molecule has 0 bridgehead atoms. The van der Waals surface area contributed by atoms with Gasteiger partial charge >= 0.3 is 0 Å². The fourth-order valence-corrected chi connectivity index (χ4v) is 2.03. The molecule has 17 heavy (non-hydrogen) atoms. The molecule has 88 valence electrons. The van der Waals surface area contributed by atoms with Crippen molar-refractivity contribution in [1.82, 2.24) is 14.9 Å². The molecule has 2 rings (SSSR count). The summed E-state index contributed by atoms with van der Waals surface area (Å²) in [6.45, 7) is 3.88. The molecular weight excluding hydrogens is 210 g/mol. The van der Waals surface area contributed by atoms with Gasteiger partial charge in [0.1, 0.15) is 0 Å². The zero-order valence-corrected chi connectivity index (χ0v) is 10.1. The summed E-state index contributed by atoms with van der Waals surface area (Å²) in [5.41, 5.74) is 2.19. The Morgan fingerprint density at radius 1 is 1.47 bits per heavy atom. The minimum atomic E-state index is 0.308. The molecule has 0 aliphatic carbocycles. The number of hydrogen-bond donors (Lipinski definition) is 1. The second-order valence-electron chi connectivity index (χ2n) is 4.05. The smallest absolute Gasteiger partial charge is 0.0958 e. The van der Waals surface area contributed by atoms with Gasteiger partial charge in [-0.15, -0.1) is 12.3 Å². The van der Waals surface area contributed by atoms with Crippen molar-refractivity contribution in [3.8, 4) is 12.3 Å². The van der Waals surface area contributed by atoms with E-state index in [0.717, 1.165) is 30.5 Å². The van der Waals surface area contributed by atoms with Crippen LogP contribution in [0.25, 0.3) is 11.0 Å². The maximum absolute atomic E-state index is 5.39. The number of fused-ring (bicyclic) bond motifs is 1. The Balaban J connectivity index is 2.19. The summed E-state index contributed by atoms with van der Waals surface area (Å²) in [6, 6.07) is 8.45. The average Bonchev–Trinajstić information content (AvgIpc) is 2.74. The van der Waals surface area contributed by atoms with E-state index >= 15 is 0 Å². The molecule has 1 aromatic heterocycles. The number of rotatable bonds is 5. The number of nitrogens with zero attached hydrogens (tertiary/aromatic N) is 2. The first-order valence-electron chi connectivity index (χ1n) is 5.92. The number of aromatic nitrogens is 2. The largest absolute Gasteiger partial charge is 0.329 e. The highest BCUT2D eigenvalue weighted by atomic mass is 15.1. The first-order valence-corrected chi connectivity index (χ1v) is 5.92. The van der Waals surface area contributed by atoms with Gasteiger partial charge in [0.2, 0.25) is 0 Å². The minimum Gasteiger partial charge on any atom is -0.329 e. The predicted molar refractivity (Wildman–Crippen MR) is 70.6 cm³/mol. The van der Waals surface area contributed by atoms with E-state index in [1.54, 1.807) is 0 Å². The lowest BCUT2D eigenvalue weighted by atomic mass is 10.2. The molecule has 2 aromatic rings. The molecule has 3 nitrogen and oxygen atoms in total. The molecule has 0 spiro atoms. The third-order valence-electron chi connectivity index (χ3n) is 2.80.